The molecule has 0 amide bonds. The summed E-state index contributed by atoms with van der Waals surface area (Å²) < 4.78 is 10.1. The number of hydrogen-bond donors (Lipinski definition) is 1. The van der Waals surface area contributed by atoms with Crippen LogP contribution >= 0.6 is 0 Å². The molecule has 0 radical (unpaired) electrons. The van der Waals surface area contributed by atoms with Crippen LogP contribution in [0.15, 0.2) is 0 Å². The van der Waals surface area contributed by atoms with Gasteiger partial charge >= 0.3 is 5.97 Å². The highest BCUT2D eigenvalue weighted by Crippen LogP contribution is 2.28. The first-order valence-corrected chi connectivity index (χ1v) is 5.53. The molecule has 1 aliphatic rings. The summed E-state index contributed by atoms with van der Waals surface area (Å²) in [6, 6.07) is 0. The molecule has 1 atom stereocenters. The van der Waals surface area contributed by atoms with Crippen LogP contribution in [0, 0.1) is 5.92 Å². The molecule has 4 nitrogen and oxygen atoms in total. The molecule has 88 valence electrons. The standard InChI is InChI=1S/C11H21NO3/c1-4-15-10(13)11(2,8-14-3)12-7-9-5-6-9/h9,12H,4-8H2,1-3H3. The van der Waals surface area contributed by atoms with Crippen LogP contribution in [-0.2, 0) is 14.3 Å². The Balaban J connectivity index is 2.45. The topological polar surface area (TPSA) is 47.6 Å². The number of nitrogens with one attached hydrogen (secondary N) is 1. The molecule has 0 aromatic heterocycles. The molecule has 1 fully saturated rings. The van der Waals surface area contributed by atoms with Gasteiger partial charge in [0, 0.05) is 7.11 Å². The molecule has 0 heterocycles. The number of carbonyl (C=O) groups excluding carboxylic acids is 1. The van der Waals surface area contributed by atoms with Gasteiger partial charge in [-0.25, -0.2) is 4.79 Å². The minimum absolute atomic E-state index is 0.229. The Labute approximate surface area is 91.3 Å². The van der Waals surface area contributed by atoms with Crippen LogP contribution in [0.4, 0.5) is 0 Å². The monoisotopic (exact) mass is 215 g/mol. The van der Waals surface area contributed by atoms with Crippen molar-refractivity contribution in [2.75, 3.05) is 26.9 Å². The predicted molar refractivity (Wildman–Crippen MR) is 57.6 cm³/mol. The zero-order valence-electron chi connectivity index (χ0n) is 9.84. The van der Waals surface area contributed by atoms with E-state index >= 15 is 0 Å². The minimum atomic E-state index is -0.701. The maximum absolute atomic E-state index is 11.7. The average molecular weight is 215 g/mol. The van der Waals surface area contributed by atoms with Crippen LogP contribution < -0.4 is 5.32 Å². The molecule has 1 N–H and O–H groups in total. The molecular formula is C11H21NO3. The first-order chi connectivity index (χ1) is 7.12. The minimum Gasteiger partial charge on any atom is -0.465 e. The number of carbonyl (C=O) groups is 1. The van der Waals surface area contributed by atoms with Gasteiger partial charge in [-0.05, 0) is 39.2 Å². The molecule has 1 unspecified atom stereocenters. The Morgan fingerprint density at radius 2 is 2.20 bits per heavy atom. The van der Waals surface area contributed by atoms with Gasteiger partial charge in [-0.3, -0.25) is 5.32 Å². The summed E-state index contributed by atoms with van der Waals surface area (Å²) in [4.78, 5) is 11.7. The molecule has 0 spiro atoms. The fourth-order valence-electron chi connectivity index (χ4n) is 1.45. The second-order valence-electron chi connectivity index (χ2n) is 4.31. The van der Waals surface area contributed by atoms with Crippen molar-refractivity contribution in [3.05, 3.63) is 0 Å². The van der Waals surface area contributed by atoms with E-state index < -0.39 is 5.54 Å². The highest BCUT2D eigenvalue weighted by Gasteiger charge is 2.36. The van der Waals surface area contributed by atoms with Gasteiger partial charge in [0.15, 0.2) is 0 Å². The molecule has 4 heteroatoms. The Morgan fingerprint density at radius 1 is 1.53 bits per heavy atom. The number of rotatable bonds is 7. The van der Waals surface area contributed by atoms with Crippen molar-refractivity contribution < 1.29 is 14.3 Å². The van der Waals surface area contributed by atoms with Crippen LogP contribution in [0.25, 0.3) is 0 Å². The number of ether oxygens (including phenoxy) is 2. The third-order valence-electron chi connectivity index (χ3n) is 2.64. The number of hydrogen-bond acceptors (Lipinski definition) is 4. The van der Waals surface area contributed by atoms with Crippen molar-refractivity contribution >= 4 is 5.97 Å². The van der Waals surface area contributed by atoms with Crippen LogP contribution in [0.2, 0.25) is 0 Å². The Bertz CT molecular complexity index is 216. The van der Waals surface area contributed by atoms with Gasteiger partial charge in [0.2, 0.25) is 0 Å². The van der Waals surface area contributed by atoms with Crippen LogP contribution in [0.5, 0.6) is 0 Å². The molecule has 0 saturated heterocycles. The van der Waals surface area contributed by atoms with E-state index in [1.807, 2.05) is 13.8 Å². The van der Waals surface area contributed by atoms with Crippen molar-refractivity contribution in [3.8, 4) is 0 Å². The molecule has 0 bridgehead atoms. The summed E-state index contributed by atoms with van der Waals surface area (Å²) in [6.07, 6.45) is 2.53. The van der Waals surface area contributed by atoms with Gasteiger partial charge in [0.1, 0.15) is 5.54 Å². The van der Waals surface area contributed by atoms with Crippen LogP contribution in [0.1, 0.15) is 26.7 Å². The zero-order valence-corrected chi connectivity index (χ0v) is 9.84. The number of methoxy groups -OCH3 is 1. The third kappa shape index (κ3) is 3.80. The van der Waals surface area contributed by atoms with Gasteiger partial charge in [0.25, 0.3) is 0 Å². The summed E-state index contributed by atoms with van der Waals surface area (Å²) in [6.45, 7) is 5.27. The van der Waals surface area contributed by atoms with Gasteiger partial charge in [-0.2, -0.15) is 0 Å². The number of esters is 1. The summed E-state index contributed by atoms with van der Waals surface area (Å²) in [5.74, 6) is 0.503. The van der Waals surface area contributed by atoms with Crippen LogP contribution in [0.3, 0.4) is 0 Å². The quantitative estimate of drug-likeness (QED) is 0.642. The highest BCUT2D eigenvalue weighted by atomic mass is 16.5. The maximum atomic E-state index is 11.7. The van der Waals surface area contributed by atoms with Crippen molar-refractivity contribution in [3.63, 3.8) is 0 Å². The molecule has 1 rings (SSSR count). The van der Waals surface area contributed by atoms with Crippen molar-refractivity contribution in [1.29, 1.82) is 0 Å². The first kappa shape index (κ1) is 12.5. The van der Waals surface area contributed by atoms with E-state index in [1.165, 1.54) is 12.8 Å². The normalized spacial score (nSPS) is 19.7. The highest BCUT2D eigenvalue weighted by molar-refractivity contribution is 5.80. The van der Waals surface area contributed by atoms with E-state index in [1.54, 1.807) is 7.11 Å². The van der Waals surface area contributed by atoms with Crippen molar-refractivity contribution in [2.45, 2.75) is 32.2 Å². The molecule has 0 aromatic carbocycles. The van der Waals surface area contributed by atoms with Gasteiger partial charge < -0.3 is 9.47 Å². The maximum Gasteiger partial charge on any atom is 0.328 e. The lowest BCUT2D eigenvalue weighted by Gasteiger charge is -2.27. The van der Waals surface area contributed by atoms with Gasteiger partial charge in [-0.15, -0.1) is 0 Å². The zero-order chi connectivity index (χ0) is 11.3. The SMILES string of the molecule is CCOC(=O)C(C)(COC)NCC1CC1. The van der Waals surface area contributed by atoms with E-state index in [0.717, 1.165) is 12.5 Å². The average Bonchev–Trinajstić information content (AvgIpc) is 2.99. The third-order valence-corrected chi connectivity index (χ3v) is 2.64. The predicted octanol–water partition coefficient (Wildman–Crippen LogP) is 0.954. The molecule has 1 aliphatic carbocycles. The van der Waals surface area contributed by atoms with Gasteiger partial charge in [0.05, 0.1) is 13.2 Å². The Hall–Kier alpha value is -0.610. The lowest BCUT2D eigenvalue weighted by Crippen LogP contribution is -2.54. The first-order valence-electron chi connectivity index (χ1n) is 5.53. The smallest absolute Gasteiger partial charge is 0.328 e. The molecule has 0 aliphatic heterocycles. The summed E-state index contributed by atoms with van der Waals surface area (Å²) in [7, 11) is 1.59. The second-order valence-corrected chi connectivity index (χ2v) is 4.31. The summed E-state index contributed by atoms with van der Waals surface area (Å²) in [5, 5.41) is 3.24. The summed E-state index contributed by atoms with van der Waals surface area (Å²) >= 11 is 0. The fraction of sp³-hybridized carbons (Fsp3) is 0.909. The van der Waals surface area contributed by atoms with Crippen molar-refractivity contribution in [1.82, 2.24) is 5.32 Å². The van der Waals surface area contributed by atoms with E-state index in [0.29, 0.717) is 13.2 Å². The van der Waals surface area contributed by atoms with Crippen LogP contribution in [-0.4, -0.2) is 38.4 Å². The lowest BCUT2D eigenvalue weighted by molar-refractivity contribution is -0.152. The van der Waals surface area contributed by atoms with Gasteiger partial charge in [-0.1, -0.05) is 0 Å². The molecule has 1 saturated carbocycles. The molecule has 0 aromatic rings. The van der Waals surface area contributed by atoms with E-state index in [-0.39, 0.29) is 5.97 Å². The largest absolute Gasteiger partial charge is 0.465 e. The van der Waals surface area contributed by atoms with E-state index in [2.05, 4.69) is 5.32 Å². The molecule has 15 heavy (non-hydrogen) atoms. The van der Waals surface area contributed by atoms with Crippen molar-refractivity contribution in [2.24, 2.45) is 5.92 Å². The lowest BCUT2D eigenvalue weighted by atomic mass is 10.0. The van der Waals surface area contributed by atoms with E-state index in [4.69, 9.17) is 9.47 Å². The Kier molecular flexibility index (Phi) is 4.54. The molecular weight excluding hydrogens is 194 g/mol. The second kappa shape index (κ2) is 5.47. The van der Waals surface area contributed by atoms with E-state index in [9.17, 15) is 4.79 Å². The Morgan fingerprint density at radius 3 is 2.67 bits per heavy atom. The fourth-order valence-corrected chi connectivity index (χ4v) is 1.45. The summed E-state index contributed by atoms with van der Waals surface area (Å²) in [5.41, 5.74) is -0.701.